The van der Waals surface area contributed by atoms with E-state index in [0.717, 1.165) is 0 Å². The molecule has 68 valence electrons. The van der Waals surface area contributed by atoms with Crippen LogP contribution in [0.5, 0.6) is 0 Å². The molecule has 0 aliphatic rings. The third kappa shape index (κ3) is 3.69. The Balaban J connectivity index is 4.43. The summed E-state index contributed by atoms with van der Waals surface area (Å²) in [7, 11) is -0.491. The average molecular weight is 206 g/mol. The number of hydrogen-bond acceptors (Lipinski definition) is 1. The van der Waals surface area contributed by atoms with E-state index >= 15 is 0 Å². The maximum absolute atomic E-state index is 5.70. The van der Waals surface area contributed by atoms with Crippen LogP contribution in [0.1, 0.15) is 0 Å². The zero-order valence-corrected chi connectivity index (χ0v) is 11.9. The van der Waals surface area contributed by atoms with Crippen molar-refractivity contribution < 1.29 is 4.43 Å². The maximum atomic E-state index is 5.70. The minimum absolute atomic E-state index is 0.437. The zero-order valence-electron chi connectivity index (χ0n) is 8.91. The van der Waals surface area contributed by atoms with E-state index in [4.69, 9.17) is 4.43 Å². The summed E-state index contributed by atoms with van der Waals surface area (Å²) in [5.41, 5.74) is 0. The first-order valence-corrected chi connectivity index (χ1v) is 14.5. The van der Waals surface area contributed by atoms with Crippen LogP contribution in [0, 0.1) is 0 Å². The monoisotopic (exact) mass is 205 g/mol. The van der Waals surface area contributed by atoms with Gasteiger partial charge in [-0.15, -0.1) is 8.08 Å². The van der Waals surface area contributed by atoms with E-state index in [1.165, 1.54) is 0 Å². The van der Waals surface area contributed by atoms with E-state index in [2.05, 4.69) is 39.3 Å². The summed E-state index contributed by atoms with van der Waals surface area (Å²) < 4.78 is 5.70. The molecule has 11 heavy (non-hydrogen) atoms. The van der Waals surface area contributed by atoms with E-state index in [1.807, 2.05) is 7.11 Å². The van der Waals surface area contributed by atoms with Gasteiger partial charge < -0.3 is 4.43 Å². The van der Waals surface area contributed by atoms with Crippen LogP contribution >= 0.6 is 0 Å². The van der Waals surface area contributed by atoms with Crippen LogP contribution in [0.2, 0.25) is 39.3 Å². The smallest absolute Gasteiger partial charge is 0.0107 e. The van der Waals surface area contributed by atoms with Gasteiger partial charge in [0.1, 0.15) is 0 Å². The van der Waals surface area contributed by atoms with Gasteiger partial charge in [-0.1, -0.05) is 54.5 Å². The fraction of sp³-hybridized carbons (Fsp3) is 1.00. The van der Waals surface area contributed by atoms with Crippen molar-refractivity contribution in [2.24, 2.45) is 0 Å². The molecule has 0 spiro atoms. The lowest BCUT2D eigenvalue weighted by molar-refractivity contribution is 0.444. The third-order valence-electron chi connectivity index (χ3n) is 1.57. The second kappa shape index (κ2) is 3.55. The highest BCUT2D eigenvalue weighted by atomic mass is 29.6. The van der Waals surface area contributed by atoms with Crippen LogP contribution in [0.4, 0.5) is 0 Å². The molecule has 0 radical (unpaired) electrons. The molecule has 0 saturated heterocycles. The third-order valence-corrected chi connectivity index (χ3v) is 27.6. The average Bonchev–Trinajstić information content (AvgIpc) is 1.56. The molecule has 0 saturated carbocycles. The highest BCUT2D eigenvalue weighted by Gasteiger charge is 2.24. The highest BCUT2D eigenvalue weighted by Crippen LogP contribution is 2.17. The quantitative estimate of drug-likeness (QED) is 0.643. The van der Waals surface area contributed by atoms with Crippen LogP contribution in [0.15, 0.2) is 0 Å². The first kappa shape index (κ1) is 11.6. The summed E-state index contributed by atoms with van der Waals surface area (Å²) in [5.74, 6) is 0. The molecule has 0 aromatic carbocycles. The van der Waals surface area contributed by atoms with Gasteiger partial charge in [0, 0.05) is 0 Å². The fourth-order valence-corrected chi connectivity index (χ4v) is 35.9. The normalized spacial score (nSPS) is 14.2. The molecule has 1 nitrogen and oxygen atoms in total. The topological polar surface area (TPSA) is 9.23 Å². The number of hydrogen-bond donors (Lipinski definition) is 0. The molecule has 0 rings (SSSR count). The van der Waals surface area contributed by atoms with E-state index in [0.29, 0.717) is 0 Å². The van der Waals surface area contributed by atoms with Crippen molar-refractivity contribution in [2.75, 3.05) is 7.11 Å². The molecule has 0 bridgehead atoms. The van der Waals surface area contributed by atoms with Gasteiger partial charge in [-0.3, -0.25) is 0 Å². The van der Waals surface area contributed by atoms with Gasteiger partial charge in [-0.2, -0.15) is 0 Å². The van der Waals surface area contributed by atoms with Crippen molar-refractivity contribution in [3.05, 3.63) is 0 Å². The van der Waals surface area contributed by atoms with Crippen LogP contribution in [0.3, 0.4) is 0 Å². The van der Waals surface area contributed by atoms with Gasteiger partial charge in [-0.25, -0.2) is 0 Å². The highest BCUT2D eigenvalue weighted by molar-refractivity contribution is 7.58. The van der Waals surface area contributed by atoms with Gasteiger partial charge in [0.2, 0.25) is 0 Å². The molecule has 0 aliphatic carbocycles. The van der Waals surface area contributed by atoms with Crippen molar-refractivity contribution in [3.63, 3.8) is 0 Å². The van der Waals surface area contributed by atoms with Crippen molar-refractivity contribution in [1.82, 2.24) is 0 Å². The summed E-state index contributed by atoms with van der Waals surface area (Å²) in [5, 5.41) is 0. The van der Waals surface area contributed by atoms with Gasteiger partial charge in [0.05, 0.1) is 0 Å². The molecular weight excluding hydrogens is 184 g/mol. The summed E-state index contributed by atoms with van der Waals surface area (Å²) in [6.07, 6.45) is 0. The van der Waals surface area contributed by atoms with Crippen LogP contribution in [-0.2, 0) is 4.43 Å². The summed E-state index contributed by atoms with van der Waals surface area (Å²) in [4.78, 5) is 0. The van der Waals surface area contributed by atoms with Gasteiger partial charge in [0.25, 0.3) is 0 Å². The lowest BCUT2D eigenvalue weighted by Crippen LogP contribution is -2.59. The Labute approximate surface area is 74.5 Å². The Hall–Kier alpha value is 0.611. The van der Waals surface area contributed by atoms with E-state index in [1.54, 1.807) is 0 Å². The SMILES string of the molecule is CO[Si-]([Si](C)(C)C)[Si](C)(C)C. The van der Waals surface area contributed by atoms with Crippen LogP contribution < -0.4 is 0 Å². The Morgan fingerprint density at radius 1 is 0.818 bits per heavy atom. The molecule has 0 unspecified atom stereocenters. The molecule has 0 aromatic rings. The molecule has 0 aliphatic heterocycles. The molecular formula is C7H21OSi3-. The molecule has 0 fully saturated rings. The Bertz CT molecular complexity index is 109. The minimum Gasteiger partial charge on any atom is -0.595 e. The first-order valence-electron chi connectivity index (χ1n) is 4.11. The minimum atomic E-state index is -0.981. The van der Waals surface area contributed by atoms with Gasteiger partial charge >= 0.3 is 0 Å². The molecule has 0 aromatic heterocycles. The largest absolute Gasteiger partial charge is 0.595 e. The van der Waals surface area contributed by atoms with E-state index in [-0.39, 0.29) is 0 Å². The standard InChI is InChI=1S/C7H21OSi3/c1-8-9(10(2,3)4)11(5,6)7/h1-7H3/q-1. The predicted octanol–water partition coefficient (Wildman–Crippen LogP) is 2.46. The molecule has 0 heterocycles. The molecule has 0 atom stereocenters. The number of rotatable bonds is 3. The summed E-state index contributed by atoms with van der Waals surface area (Å²) in [6, 6.07) is 0. The van der Waals surface area contributed by atoms with E-state index in [9.17, 15) is 0 Å². The first-order chi connectivity index (χ1) is 4.69. The van der Waals surface area contributed by atoms with Crippen molar-refractivity contribution in [1.29, 1.82) is 0 Å². The van der Waals surface area contributed by atoms with Gasteiger partial charge in [0.15, 0.2) is 0 Å². The lowest BCUT2D eigenvalue weighted by atomic mass is 11.8. The lowest BCUT2D eigenvalue weighted by Gasteiger charge is -2.50. The van der Waals surface area contributed by atoms with Gasteiger partial charge in [-0.05, 0) is 7.11 Å². The Morgan fingerprint density at radius 2 is 1.09 bits per heavy atom. The fourth-order valence-electron chi connectivity index (χ4n) is 1.74. The predicted molar refractivity (Wildman–Crippen MR) is 59.5 cm³/mol. The summed E-state index contributed by atoms with van der Waals surface area (Å²) in [6.45, 7) is 14.6. The van der Waals surface area contributed by atoms with Crippen molar-refractivity contribution in [2.45, 2.75) is 39.3 Å². The summed E-state index contributed by atoms with van der Waals surface area (Å²) >= 11 is 0. The maximum Gasteiger partial charge on any atom is -0.0107 e. The zero-order chi connectivity index (χ0) is 9.28. The van der Waals surface area contributed by atoms with Crippen LogP contribution in [0.25, 0.3) is 0 Å². The molecule has 0 amide bonds. The van der Waals surface area contributed by atoms with E-state index < -0.39 is 23.3 Å². The van der Waals surface area contributed by atoms with Crippen molar-refractivity contribution in [3.8, 4) is 0 Å². The Kier molecular flexibility index (Phi) is 3.75. The second-order valence-electron chi connectivity index (χ2n) is 5.03. The van der Waals surface area contributed by atoms with Crippen LogP contribution in [-0.4, -0.2) is 30.4 Å². The Morgan fingerprint density at radius 3 is 1.09 bits per heavy atom. The second-order valence-corrected chi connectivity index (χ2v) is 28.3. The molecule has 4 heteroatoms. The molecule has 0 N–H and O–H groups in total. The van der Waals surface area contributed by atoms with Crippen molar-refractivity contribution >= 4 is 23.3 Å².